The number of hydrogen-bond acceptors (Lipinski definition) is 2. The van der Waals surface area contributed by atoms with Gasteiger partial charge in [-0.15, -0.1) is 0 Å². The highest BCUT2D eigenvalue weighted by Crippen LogP contribution is 2.16. The predicted molar refractivity (Wildman–Crippen MR) is 68.8 cm³/mol. The van der Waals surface area contributed by atoms with Crippen LogP contribution in [0.5, 0.6) is 0 Å². The molecule has 0 bridgehead atoms. The second-order valence-corrected chi connectivity index (χ2v) is 5.06. The summed E-state index contributed by atoms with van der Waals surface area (Å²) >= 11 is 5.73. The lowest BCUT2D eigenvalue weighted by molar-refractivity contribution is 0.300. The van der Waals surface area contributed by atoms with Gasteiger partial charge in [0.25, 0.3) is 0 Å². The summed E-state index contributed by atoms with van der Waals surface area (Å²) in [4.78, 5) is 2.38. The minimum Gasteiger partial charge on any atom is -0.311 e. The molecule has 0 amide bonds. The molecular formula is C13H18ClFN2. The fraction of sp³-hybridized carbons (Fsp3) is 0.538. The third-order valence-corrected chi connectivity index (χ3v) is 3.65. The molecule has 0 aromatic heterocycles. The normalized spacial score (nSPS) is 21.0. The summed E-state index contributed by atoms with van der Waals surface area (Å²) in [5, 5.41) is 3.59. The molecule has 1 heterocycles. The van der Waals surface area contributed by atoms with Crippen molar-refractivity contribution in [2.24, 2.45) is 0 Å². The van der Waals surface area contributed by atoms with Crippen molar-refractivity contribution in [2.45, 2.75) is 25.4 Å². The van der Waals surface area contributed by atoms with Crippen LogP contribution in [-0.4, -0.2) is 31.1 Å². The van der Waals surface area contributed by atoms with E-state index >= 15 is 0 Å². The zero-order chi connectivity index (χ0) is 12.3. The monoisotopic (exact) mass is 256 g/mol. The van der Waals surface area contributed by atoms with Crippen LogP contribution in [0.25, 0.3) is 0 Å². The van der Waals surface area contributed by atoms with Crippen LogP contribution in [0.3, 0.4) is 0 Å². The molecule has 0 radical (unpaired) electrons. The smallest absolute Gasteiger partial charge is 0.141 e. The van der Waals surface area contributed by atoms with Crippen molar-refractivity contribution in [1.29, 1.82) is 0 Å². The van der Waals surface area contributed by atoms with E-state index in [0.717, 1.165) is 18.7 Å². The number of hydrogen-bond donors (Lipinski definition) is 1. The molecule has 1 atom stereocenters. The fourth-order valence-corrected chi connectivity index (χ4v) is 2.47. The maximum atomic E-state index is 13.0. The van der Waals surface area contributed by atoms with Crippen LogP contribution in [0.1, 0.15) is 18.4 Å². The number of rotatable bonds is 4. The van der Waals surface area contributed by atoms with Crippen LogP contribution in [0.15, 0.2) is 18.2 Å². The molecule has 2 rings (SSSR count). The maximum absolute atomic E-state index is 13.0. The minimum absolute atomic E-state index is 0.197. The van der Waals surface area contributed by atoms with Crippen LogP contribution >= 0.6 is 11.6 Å². The number of benzene rings is 1. The Balaban J connectivity index is 1.79. The summed E-state index contributed by atoms with van der Waals surface area (Å²) in [6.07, 6.45) is 2.54. The Bertz CT molecular complexity index is 384. The molecule has 1 aromatic carbocycles. The van der Waals surface area contributed by atoms with Gasteiger partial charge in [-0.1, -0.05) is 17.7 Å². The average Bonchev–Trinajstić information content (AvgIpc) is 2.70. The Morgan fingerprint density at radius 2 is 2.35 bits per heavy atom. The predicted octanol–water partition coefficient (Wildman–Crippen LogP) is 2.66. The number of likely N-dealkylation sites (N-methyl/N-ethyl adjacent to an activating group) is 1. The van der Waals surface area contributed by atoms with E-state index in [1.54, 1.807) is 12.1 Å². The van der Waals surface area contributed by atoms with E-state index in [1.807, 2.05) is 0 Å². The molecule has 0 saturated carbocycles. The molecule has 17 heavy (non-hydrogen) atoms. The molecule has 2 nitrogen and oxygen atoms in total. The molecule has 0 spiro atoms. The summed E-state index contributed by atoms with van der Waals surface area (Å²) < 4.78 is 13.0. The highest BCUT2D eigenvalue weighted by Gasteiger charge is 2.19. The first-order valence-corrected chi connectivity index (χ1v) is 6.39. The fourth-order valence-electron chi connectivity index (χ4n) is 2.27. The standard InChI is InChI=1S/C13H18ClFN2/c1-17-6-2-3-11(17)9-16-8-10-4-5-13(15)12(14)7-10/h4-5,7,11,16H,2-3,6,8-9H2,1H3. The van der Waals surface area contributed by atoms with Crippen molar-refractivity contribution in [1.82, 2.24) is 10.2 Å². The van der Waals surface area contributed by atoms with E-state index in [0.29, 0.717) is 6.04 Å². The Kier molecular flexibility index (Phi) is 4.37. The Morgan fingerprint density at radius 1 is 1.53 bits per heavy atom. The van der Waals surface area contributed by atoms with Gasteiger partial charge in [-0.3, -0.25) is 0 Å². The summed E-state index contributed by atoms with van der Waals surface area (Å²) in [6, 6.07) is 5.50. The summed E-state index contributed by atoms with van der Waals surface area (Å²) in [6.45, 7) is 2.91. The molecule has 1 fully saturated rings. The number of likely N-dealkylation sites (tertiary alicyclic amines) is 1. The van der Waals surface area contributed by atoms with Crippen LogP contribution in [-0.2, 0) is 6.54 Å². The van der Waals surface area contributed by atoms with Gasteiger partial charge in [0.05, 0.1) is 5.02 Å². The van der Waals surface area contributed by atoms with Gasteiger partial charge in [-0.25, -0.2) is 4.39 Å². The molecule has 1 N–H and O–H groups in total. The first kappa shape index (κ1) is 12.8. The number of nitrogens with zero attached hydrogens (tertiary/aromatic N) is 1. The van der Waals surface area contributed by atoms with E-state index in [1.165, 1.54) is 25.5 Å². The Hall–Kier alpha value is -0.640. The van der Waals surface area contributed by atoms with Crippen molar-refractivity contribution in [3.63, 3.8) is 0 Å². The lowest BCUT2D eigenvalue weighted by atomic mass is 10.2. The molecule has 1 aromatic rings. The van der Waals surface area contributed by atoms with Gasteiger partial charge >= 0.3 is 0 Å². The molecule has 1 aliphatic heterocycles. The molecular weight excluding hydrogens is 239 g/mol. The highest BCUT2D eigenvalue weighted by molar-refractivity contribution is 6.30. The van der Waals surface area contributed by atoms with Gasteiger partial charge in [-0.05, 0) is 44.1 Å². The molecule has 1 unspecified atom stereocenters. The van der Waals surface area contributed by atoms with Crippen molar-refractivity contribution in [3.8, 4) is 0 Å². The summed E-state index contributed by atoms with van der Waals surface area (Å²) in [5.41, 5.74) is 1.03. The SMILES string of the molecule is CN1CCCC1CNCc1ccc(F)c(Cl)c1. The van der Waals surface area contributed by atoms with E-state index < -0.39 is 0 Å². The second kappa shape index (κ2) is 5.80. The Labute approximate surface area is 107 Å². The summed E-state index contributed by atoms with van der Waals surface area (Å²) in [5.74, 6) is -0.356. The summed E-state index contributed by atoms with van der Waals surface area (Å²) in [7, 11) is 2.16. The second-order valence-electron chi connectivity index (χ2n) is 4.66. The minimum atomic E-state index is -0.356. The van der Waals surface area contributed by atoms with Gasteiger partial charge in [-0.2, -0.15) is 0 Å². The van der Waals surface area contributed by atoms with Gasteiger partial charge in [0.1, 0.15) is 5.82 Å². The van der Waals surface area contributed by atoms with Gasteiger partial charge < -0.3 is 10.2 Å². The maximum Gasteiger partial charge on any atom is 0.141 e. The Morgan fingerprint density at radius 3 is 3.00 bits per heavy atom. The van der Waals surface area contributed by atoms with E-state index in [9.17, 15) is 4.39 Å². The lowest BCUT2D eigenvalue weighted by Gasteiger charge is -2.19. The van der Waals surface area contributed by atoms with Crippen molar-refractivity contribution >= 4 is 11.6 Å². The van der Waals surface area contributed by atoms with Crippen LogP contribution in [0, 0.1) is 5.82 Å². The topological polar surface area (TPSA) is 15.3 Å². The molecule has 1 saturated heterocycles. The molecule has 1 aliphatic rings. The van der Waals surface area contributed by atoms with Crippen LogP contribution in [0.4, 0.5) is 4.39 Å². The van der Waals surface area contributed by atoms with Crippen LogP contribution in [0.2, 0.25) is 5.02 Å². The number of halogens is 2. The van der Waals surface area contributed by atoms with Crippen molar-refractivity contribution in [3.05, 3.63) is 34.6 Å². The molecule has 0 aliphatic carbocycles. The molecule has 94 valence electrons. The first-order valence-electron chi connectivity index (χ1n) is 6.01. The van der Waals surface area contributed by atoms with E-state index in [-0.39, 0.29) is 10.8 Å². The first-order chi connectivity index (χ1) is 8.16. The van der Waals surface area contributed by atoms with E-state index in [2.05, 4.69) is 17.3 Å². The molecule has 4 heteroatoms. The highest BCUT2D eigenvalue weighted by atomic mass is 35.5. The van der Waals surface area contributed by atoms with Crippen molar-refractivity contribution in [2.75, 3.05) is 20.1 Å². The van der Waals surface area contributed by atoms with Gasteiger partial charge in [0, 0.05) is 19.1 Å². The van der Waals surface area contributed by atoms with E-state index in [4.69, 9.17) is 11.6 Å². The largest absolute Gasteiger partial charge is 0.311 e. The zero-order valence-electron chi connectivity index (χ0n) is 10.0. The third-order valence-electron chi connectivity index (χ3n) is 3.36. The third kappa shape index (κ3) is 3.41. The average molecular weight is 257 g/mol. The van der Waals surface area contributed by atoms with Crippen LogP contribution < -0.4 is 5.32 Å². The zero-order valence-corrected chi connectivity index (χ0v) is 10.8. The quantitative estimate of drug-likeness (QED) is 0.891. The number of nitrogens with one attached hydrogen (secondary N) is 1. The lowest BCUT2D eigenvalue weighted by Crippen LogP contribution is -2.35. The van der Waals surface area contributed by atoms with Gasteiger partial charge in [0.15, 0.2) is 0 Å². The van der Waals surface area contributed by atoms with Gasteiger partial charge in [0.2, 0.25) is 0 Å². The van der Waals surface area contributed by atoms with Crippen molar-refractivity contribution < 1.29 is 4.39 Å².